The Morgan fingerprint density at radius 1 is 1.35 bits per heavy atom. The highest BCUT2D eigenvalue weighted by molar-refractivity contribution is 9.10. The summed E-state index contributed by atoms with van der Waals surface area (Å²) in [5, 5.41) is 0. The van der Waals surface area contributed by atoms with E-state index in [9.17, 15) is 9.59 Å². The predicted molar refractivity (Wildman–Crippen MR) is 76.9 cm³/mol. The van der Waals surface area contributed by atoms with Gasteiger partial charge in [0.2, 0.25) is 0 Å². The van der Waals surface area contributed by atoms with Gasteiger partial charge in [-0.15, -0.1) is 0 Å². The second-order valence-corrected chi connectivity index (χ2v) is 5.11. The number of carbonyl (C=O) groups excluding carboxylic acids is 1. The van der Waals surface area contributed by atoms with Crippen molar-refractivity contribution in [1.82, 2.24) is 9.55 Å². The van der Waals surface area contributed by atoms with Gasteiger partial charge in [-0.25, -0.2) is 14.3 Å². The van der Waals surface area contributed by atoms with E-state index in [1.807, 2.05) is 13.0 Å². The molecule has 0 N–H and O–H groups in total. The quantitative estimate of drug-likeness (QED) is 0.643. The second-order valence-electron chi connectivity index (χ2n) is 4.30. The first-order valence-corrected chi connectivity index (χ1v) is 6.64. The van der Waals surface area contributed by atoms with Crippen LogP contribution >= 0.6 is 15.9 Å². The number of oxazole rings is 1. The number of benzene rings is 1. The molecule has 0 atom stereocenters. The van der Waals surface area contributed by atoms with Gasteiger partial charge in [-0.3, -0.25) is 4.79 Å². The lowest BCUT2D eigenvalue weighted by atomic mass is 10.2. The Morgan fingerprint density at radius 2 is 2.15 bits per heavy atom. The Bertz CT molecular complexity index is 880. The third-order valence-electron chi connectivity index (χ3n) is 2.98. The topological polar surface area (TPSA) is 65.1 Å². The molecule has 2 aromatic heterocycles. The SMILES string of the molecule is Cc1cccc2oc(=O)n(C(=O)c3ccnc(Br)c3)c12. The van der Waals surface area contributed by atoms with Gasteiger partial charge in [-0.1, -0.05) is 12.1 Å². The largest absolute Gasteiger partial charge is 0.427 e. The fourth-order valence-electron chi connectivity index (χ4n) is 2.08. The van der Waals surface area contributed by atoms with E-state index in [0.29, 0.717) is 21.3 Å². The number of aromatic nitrogens is 2. The van der Waals surface area contributed by atoms with Crippen LogP contribution in [0.2, 0.25) is 0 Å². The first kappa shape index (κ1) is 12.8. The lowest BCUT2D eigenvalue weighted by Gasteiger charge is -2.03. The van der Waals surface area contributed by atoms with Crippen molar-refractivity contribution in [1.29, 1.82) is 0 Å². The highest BCUT2D eigenvalue weighted by Crippen LogP contribution is 2.18. The van der Waals surface area contributed by atoms with Crippen molar-refractivity contribution in [2.24, 2.45) is 0 Å². The fraction of sp³-hybridized carbons (Fsp3) is 0.0714. The van der Waals surface area contributed by atoms with Gasteiger partial charge in [0.05, 0.1) is 0 Å². The number of rotatable bonds is 1. The minimum atomic E-state index is -0.688. The Balaban J connectivity index is 2.27. The van der Waals surface area contributed by atoms with Crippen molar-refractivity contribution in [3.63, 3.8) is 0 Å². The van der Waals surface area contributed by atoms with Crippen molar-refractivity contribution < 1.29 is 9.21 Å². The van der Waals surface area contributed by atoms with E-state index in [2.05, 4.69) is 20.9 Å². The number of pyridine rings is 1. The zero-order valence-corrected chi connectivity index (χ0v) is 12.0. The molecule has 1 aromatic carbocycles. The number of aryl methyl sites for hydroxylation is 1. The molecule has 0 radical (unpaired) electrons. The molecule has 3 rings (SSSR count). The van der Waals surface area contributed by atoms with E-state index < -0.39 is 11.7 Å². The fourth-order valence-corrected chi connectivity index (χ4v) is 2.45. The van der Waals surface area contributed by atoms with Crippen molar-refractivity contribution >= 4 is 32.9 Å². The van der Waals surface area contributed by atoms with Gasteiger partial charge in [0.25, 0.3) is 5.91 Å². The molecule has 2 heterocycles. The van der Waals surface area contributed by atoms with Crippen LogP contribution in [0.25, 0.3) is 11.1 Å². The van der Waals surface area contributed by atoms with Crippen molar-refractivity contribution in [3.05, 3.63) is 62.8 Å². The number of para-hydroxylation sites is 1. The summed E-state index contributed by atoms with van der Waals surface area (Å²) in [5.41, 5.74) is 2.06. The molecule has 0 saturated heterocycles. The van der Waals surface area contributed by atoms with Crippen molar-refractivity contribution in [2.45, 2.75) is 6.92 Å². The van der Waals surface area contributed by atoms with Crippen LogP contribution in [0.3, 0.4) is 0 Å². The monoisotopic (exact) mass is 332 g/mol. The van der Waals surface area contributed by atoms with E-state index in [1.54, 1.807) is 24.3 Å². The summed E-state index contributed by atoms with van der Waals surface area (Å²) >= 11 is 3.20. The van der Waals surface area contributed by atoms with Gasteiger partial charge in [0.15, 0.2) is 5.58 Å². The van der Waals surface area contributed by atoms with E-state index in [1.165, 1.54) is 6.20 Å². The molecule has 0 spiro atoms. The average molecular weight is 333 g/mol. The van der Waals surface area contributed by atoms with E-state index in [-0.39, 0.29) is 0 Å². The summed E-state index contributed by atoms with van der Waals surface area (Å²) < 4.78 is 6.69. The maximum atomic E-state index is 12.5. The Morgan fingerprint density at radius 3 is 2.90 bits per heavy atom. The van der Waals surface area contributed by atoms with Crippen molar-refractivity contribution in [2.75, 3.05) is 0 Å². The van der Waals surface area contributed by atoms with Crippen LogP contribution < -0.4 is 5.76 Å². The molecule has 0 aliphatic heterocycles. The standard InChI is InChI=1S/C14H9BrN2O3/c1-8-3-2-4-10-12(8)17(14(19)20-10)13(18)9-5-6-16-11(15)7-9/h2-7H,1H3. The Hall–Kier alpha value is -2.21. The van der Waals surface area contributed by atoms with Gasteiger partial charge < -0.3 is 4.42 Å². The number of nitrogens with zero attached hydrogens (tertiary/aromatic N) is 2. The Kier molecular flexibility index (Phi) is 3.02. The summed E-state index contributed by atoms with van der Waals surface area (Å²) in [7, 11) is 0. The van der Waals surface area contributed by atoms with Crippen LogP contribution in [0.15, 0.2) is 50.3 Å². The lowest BCUT2D eigenvalue weighted by Crippen LogP contribution is -2.23. The molecular formula is C14H9BrN2O3. The van der Waals surface area contributed by atoms with Crippen LogP contribution in [0.4, 0.5) is 0 Å². The number of hydrogen-bond acceptors (Lipinski definition) is 4. The lowest BCUT2D eigenvalue weighted by molar-refractivity contribution is 0.0956. The van der Waals surface area contributed by atoms with Crippen LogP contribution in [-0.4, -0.2) is 15.5 Å². The summed E-state index contributed by atoms with van der Waals surface area (Å²) in [6.45, 7) is 1.82. The van der Waals surface area contributed by atoms with E-state index >= 15 is 0 Å². The average Bonchev–Trinajstić information content (AvgIpc) is 2.75. The molecule has 20 heavy (non-hydrogen) atoms. The second kappa shape index (κ2) is 4.72. The number of carbonyl (C=O) groups is 1. The number of hydrogen-bond donors (Lipinski definition) is 0. The van der Waals surface area contributed by atoms with Crippen LogP contribution in [0, 0.1) is 6.92 Å². The molecule has 0 saturated carbocycles. The third kappa shape index (κ3) is 1.98. The van der Waals surface area contributed by atoms with Gasteiger partial charge >= 0.3 is 5.76 Å². The van der Waals surface area contributed by atoms with Crippen LogP contribution in [-0.2, 0) is 0 Å². The van der Waals surface area contributed by atoms with Crippen LogP contribution in [0.1, 0.15) is 15.9 Å². The molecule has 0 unspecified atom stereocenters. The molecular weight excluding hydrogens is 324 g/mol. The van der Waals surface area contributed by atoms with Gasteiger partial charge in [0.1, 0.15) is 10.1 Å². The number of fused-ring (bicyclic) bond motifs is 1. The highest BCUT2D eigenvalue weighted by Gasteiger charge is 2.19. The maximum absolute atomic E-state index is 12.5. The molecule has 0 amide bonds. The summed E-state index contributed by atoms with van der Waals surface area (Å²) in [5.74, 6) is -1.13. The summed E-state index contributed by atoms with van der Waals surface area (Å²) in [4.78, 5) is 28.4. The molecule has 0 aliphatic rings. The van der Waals surface area contributed by atoms with Gasteiger partial charge in [-0.2, -0.15) is 0 Å². The minimum absolute atomic E-state index is 0.361. The number of halogens is 1. The normalized spacial score (nSPS) is 10.9. The minimum Gasteiger partial charge on any atom is -0.407 e. The summed E-state index contributed by atoms with van der Waals surface area (Å²) in [6, 6.07) is 8.38. The zero-order chi connectivity index (χ0) is 14.3. The molecule has 3 aromatic rings. The van der Waals surface area contributed by atoms with Crippen LogP contribution in [0.5, 0.6) is 0 Å². The molecule has 100 valence electrons. The third-order valence-corrected chi connectivity index (χ3v) is 3.41. The molecule has 0 bridgehead atoms. The van der Waals surface area contributed by atoms with Crippen molar-refractivity contribution in [3.8, 4) is 0 Å². The highest BCUT2D eigenvalue weighted by atomic mass is 79.9. The predicted octanol–water partition coefficient (Wildman–Crippen LogP) is 2.75. The van der Waals surface area contributed by atoms with Gasteiger partial charge in [0, 0.05) is 11.8 Å². The smallest absolute Gasteiger partial charge is 0.407 e. The molecule has 5 nitrogen and oxygen atoms in total. The zero-order valence-electron chi connectivity index (χ0n) is 10.5. The Labute approximate surface area is 122 Å². The first-order valence-electron chi connectivity index (χ1n) is 5.85. The van der Waals surface area contributed by atoms with E-state index in [4.69, 9.17) is 4.42 Å². The van der Waals surface area contributed by atoms with E-state index in [0.717, 1.165) is 10.1 Å². The molecule has 0 fully saturated rings. The maximum Gasteiger partial charge on any atom is 0.427 e. The van der Waals surface area contributed by atoms with Gasteiger partial charge in [-0.05, 0) is 46.6 Å². The summed E-state index contributed by atoms with van der Waals surface area (Å²) in [6.07, 6.45) is 1.50. The molecule has 6 heteroatoms. The molecule has 0 aliphatic carbocycles. The first-order chi connectivity index (χ1) is 9.58.